The van der Waals surface area contributed by atoms with Crippen molar-refractivity contribution in [2.45, 2.75) is 12.8 Å². The van der Waals surface area contributed by atoms with E-state index < -0.39 is 0 Å². The van der Waals surface area contributed by atoms with Crippen molar-refractivity contribution < 1.29 is 14.3 Å². The summed E-state index contributed by atoms with van der Waals surface area (Å²) in [6.45, 7) is 3.20. The van der Waals surface area contributed by atoms with Crippen LogP contribution in [0.3, 0.4) is 0 Å². The van der Waals surface area contributed by atoms with Crippen LogP contribution >= 0.6 is 11.3 Å². The fraction of sp³-hybridized carbons (Fsp3) is 0.290. The maximum atomic E-state index is 13.4. The van der Waals surface area contributed by atoms with E-state index in [0.29, 0.717) is 37.5 Å². The first kappa shape index (κ1) is 27.3. The van der Waals surface area contributed by atoms with Crippen molar-refractivity contribution in [3.05, 3.63) is 94.7 Å². The fourth-order valence-corrected chi connectivity index (χ4v) is 5.50. The Labute approximate surface area is 238 Å². The summed E-state index contributed by atoms with van der Waals surface area (Å²) < 4.78 is 5.32. The van der Waals surface area contributed by atoms with Gasteiger partial charge in [0.15, 0.2) is 5.82 Å². The highest BCUT2D eigenvalue weighted by Gasteiger charge is 2.25. The molecule has 0 atom stereocenters. The summed E-state index contributed by atoms with van der Waals surface area (Å²) >= 11 is 1.40. The predicted octanol–water partition coefficient (Wildman–Crippen LogP) is 4.64. The van der Waals surface area contributed by atoms with Gasteiger partial charge in [0.2, 0.25) is 5.91 Å². The van der Waals surface area contributed by atoms with Gasteiger partial charge in [-0.1, -0.05) is 48.5 Å². The van der Waals surface area contributed by atoms with E-state index in [1.807, 2.05) is 89.1 Å². The molecule has 1 aliphatic rings. The Bertz CT molecular complexity index is 1400. The first-order valence-corrected chi connectivity index (χ1v) is 14.4. The molecular formula is C31H33N5O3S. The minimum absolute atomic E-state index is 0.0284. The van der Waals surface area contributed by atoms with Crippen molar-refractivity contribution in [3.63, 3.8) is 0 Å². The molecule has 206 valence electrons. The number of rotatable bonds is 9. The zero-order valence-electron chi connectivity index (χ0n) is 22.6. The zero-order valence-corrected chi connectivity index (χ0v) is 23.4. The lowest BCUT2D eigenvalue weighted by molar-refractivity contribution is -0.131. The topological polar surface area (TPSA) is 78.9 Å². The molecule has 5 rings (SSSR count). The third kappa shape index (κ3) is 6.84. The van der Waals surface area contributed by atoms with Crippen LogP contribution in [-0.2, 0) is 11.2 Å². The smallest absolute Gasteiger partial charge is 0.264 e. The Morgan fingerprint density at radius 1 is 0.925 bits per heavy atom. The number of benzene rings is 2. The van der Waals surface area contributed by atoms with Crippen LogP contribution in [0.4, 0.5) is 5.82 Å². The van der Waals surface area contributed by atoms with E-state index in [1.54, 1.807) is 12.0 Å². The first-order valence-electron chi connectivity index (χ1n) is 13.5. The average Bonchev–Trinajstić information content (AvgIpc) is 3.44. The molecule has 1 fully saturated rings. The Morgan fingerprint density at radius 3 is 2.55 bits per heavy atom. The Morgan fingerprint density at radius 2 is 1.80 bits per heavy atom. The highest BCUT2D eigenvalue weighted by molar-refractivity contribution is 7.12. The van der Waals surface area contributed by atoms with Crippen LogP contribution in [-0.4, -0.2) is 78.2 Å². The first-order chi connectivity index (χ1) is 19.6. The van der Waals surface area contributed by atoms with Crippen molar-refractivity contribution in [3.8, 4) is 17.0 Å². The molecule has 0 bridgehead atoms. The molecule has 3 heterocycles. The molecule has 0 spiro atoms. The van der Waals surface area contributed by atoms with Crippen molar-refractivity contribution in [2.75, 3.05) is 51.3 Å². The Hall–Kier alpha value is -4.24. The molecule has 0 N–H and O–H groups in total. The Balaban J connectivity index is 1.21. The molecule has 0 unspecified atom stereocenters. The second kappa shape index (κ2) is 13.2. The number of ether oxygens (including phenoxy) is 1. The summed E-state index contributed by atoms with van der Waals surface area (Å²) in [5.74, 6) is 1.44. The summed E-state index contributed by atoms with van der Waals surface area (Å²) in [7, 11) is 1.64. The molecule has 8 nitrogen and oxygen atoms in total. The van der Waals surface area contributed by atoms with Gasteiger partial charge in [-0.15, -0.1) is 21.5 Å². The maximum absolute atomic E-state index is 13.4. The van der Waals surface area contributed by atoms with Crippen LogP contribution in [0.15, 0.2) is 84.2 Å². The van der Waals surface area contributed by atoms with Gasteiger partial charge in [0, 0.05) is 38.3 Å². The number of methoxy groups -OCH3 is 1. The maximum Gasteiger partial charge on any atom is 0.264 e. The number of nitrogens with zero attached hydrogens (tertiary/aromatic N) is 5. The van der Waals surface area contributed by atoms with Crippen LogP contribution in [0.1, 0.15) is 21.7 Å². The third-order valence-corrected chi connectivity index (χ3v) is 7.90. The fourth-order valence-electron chi connectivity index (χ4n) is 4.81. The van der Waals surface area contributed by atoms with Gasteiger partial charge in [-0.05, 0) is 54.1 Å². The minimum atomic E-state index is -0.0953. The highest BCUT2D eigenvalue weighted by atomic mass is 32.1. The molecule has 0 aliphatic carbocycles. The standard InChI is InChI=1S/C31H33N5O3S/c1-39-26-11-5-10-25(22-26)27-13-14-29(33-32-27)34-16-7-17-35(20-19-34)30(37)23-36(31(38)28-12-6-21-40-28)18-15-24-8-3-2-4-9-24/h2-6,8-14,21-22H,7,15-20,23H2,1H3. The molecule has 2 aromatic heterocycles. The number of aromatic nitrogens is 2. The summed E-state index contributed by atoms with van der Waals surface area (Å²) in [6.07, 6.45) is 1.51. The summed E-state index contributed by atoms with van der Waals surface area (Å²) in [4.78, 5) is 33.0. The molecule has 4 aromatic rings. The van der Waals surface area contributed by atoms with Crippen LogP contribution in [0, 0.1) is 0 Å². The normalized spacial score (nSPS) is 13.5. The molecule has 0 saturated carbocycles. The number of thiophene rings is 1. The number of carbonyl (C=O) groups is 2. The number of anilines is 1. The van der Waals surface area contributed by atoms with Crippen molar-refractivity contribution in [1.29, 1.82) is 0 Å². The molecule has 2 aromatic carbocycles. The van der Waals surface area contributed by atoms with Crippen molar-refractivity contribution in [2.24, 2.45) is 0 Å². The van der Waals surface area contributed by atoms with Gasteiger partial charge in [-0.2, -0.15) is 0 Å². The number of hydrogen-bond donors (Lipinski definition) is 0. The lowest BCUT2D eigenvalue weighted by Crippen LogP contribution is -2.44. The molecule has 1 aliphatic heterocycles. The second-order valence-electron chi connectivity index (χ2n) is 9.67. The van der Waals surface area contributed by atoms with Crippen molar-refractivity contribution >= 4 is 29.0 Å². The van der Waals surface area contributed by atoms with Crippen molar-refractivity contribution in [1.82, 2.24) is 20.0 Å². The van der Waals surface area contributed by atoms with E-state index in [-0.39, 0.29) is 18.4 Å². The lowest BCUT2D eigenvalue weighted by atomic mass is 10.1. The molecular weight excluding hydrogens is 522 g/mol. The van der Waals surface area contributed by atoms with Gasteiger partial charge in [0.25, 0.3) is 5.91 Å². The van der Waals surface area contributed by atoms with E-state index in [1.165, 1.54) is 11.3 Å². The van der Waals surface area contributed by atoms with Crippen LogP contribution in [0.5, 0.6) is 5.75 Å². The second-order valence-corrected chi connectivity index (χ2v) is 10.6. The molecule has 40 heavy (non-hydrogen) atoms. The van der Waals surface area contributed by atoms with E-state index in [4.69, 9.17) is 4.74 Å². The molecule has 1 saturated heterocycles. The van der Waals surface area contributed by atoms with Crippen LogP contribution in [0.2, 0.25) is 0 Å². The van der Waals surface area contributed by atoms with Gasteiger partial charge in [0.1, 0.15) is 12.3 Å². The summed E-state index contributed by atoms with van der Waals surface area (Å²) in [5.41, 5.74) is 2.86. The SMILES string of the molecule is COc1cccc(-c2ccc(N3CCCN(C(=O)CN(CCc4ccccc4)C(=O)c4cccs4)CC3)nn2)c1. The number of amides is 2. The van der Waals surface area contributed by atoms with Gasteiger partial charge in [-0.3, -0.25) is 9.59 Å². The summed E-state index contributed by atoms with van der Waals surface area (Å²) in [6, 6.07) is 25.4. The molecule has 2 amide bonds. The quantitative estimate of drug-likeness (QED) is 0.300. The lowest BCUT2D eigenvalue weighted by Gasteiger charge is -2.27. The zero-order chi connectivity index (χ0) is 27.7. The largest absolute Gasteiger partial charge is 0.497 e. The average molecular weight is 556 g/mol. The highest BCUT2D eigenvalue weighted by Crippen LogP contribution is 2.23. The van der Waals surface area contributed by atoms with Crippen LogP contribution in [0.25, 0.3) is 11.3 Å². The molecule has 0 radical (unpaired) electrons. The van der Waals surface area contributed by atoms with Gasteiger partial charge >= 0.3 is 0 Å². The van der Waals surface area contributed by atoms with Gasteiger partial charge in [0.05, 0.1) is 17.7 Å². The van der Waals surface area contributed by atoms with E-state index >= 15 is 0 Å². The van der Waals surface area contributed by atoms with E-state index in [9.17, 15) is 9.59 Å². The van der Waals surface area contributed by atoms with Gasteiger partial charge < -0.3 is 19.4 Å². The minimum Gasteiger partial charge on any atom is -0.497 e. The number of hydrogen-bond acceptors (Lipinski definition) is 7. The van der Waals surface area contributed by atoms with Crippen LogP contribution < -0.4 is 9.64 Å². The van der Waals surface area contributed by atoms with Gasteiger partial charge in [-0.25, -0.2) is 0 Å². The molecule has 9 heteroatoms. The van der Waals surface area contributed by atoms with E-state index in [2.05, 4.69) is 15.1 Å². The van der Waals surface area contributed by atoms with E-state index in [0.717, 1.165) is 41.4 Å². The predicted molar refractivity (Wildman–Crippen MR) is 158 cm³/mol. The summed E-state index contributed by atoms with van der Waals surface area (Å²) in [5, 5.41) is 10.8. The Kier molecular flexibility index (Phi) is 9.03. The monoisotopic (exact) mass is 555 g/mol. The third-order valence-electron chi connectivity index (χ3n) is 7.05. The number of carbonyl (C=O) groups excluding carboxylic acids is 2.